The Kier molecular flexibility index (Phi) is 3.27. The lowest BCUT2D eigenvalue weighted by Gasteiger charge is -2.21. The van der Waals surface area contributed by atoms with E-state index in [4.69, 9.17) is 0 Å². The normalized spacial score (nSPS) is 26.7. The summed E-state index contributed by atoms with van der Waals surface area (Å²) in [5.41, 5.74) is 2.19. The van der Waals surface area contributed by atoms with Crippen LogP contribution in [-0.2, 0) is 22.4 Å². The molecule has 4 nitrogen and oxygen atoms in total. The molecule has 21 heavy (non-hydrogen) atoms. The van der Waals surface area contributed by atoms with Gasteiger partial charge in [-0.25, -0.2) is 0 Å². The van der Waals surface area contributed by atoms with E-state index in [1.165, 1.54) is 11.1 Å². The molecule has 1 aliphatic carbocycles. The van der Waals surface area contributed by atoms with Gasteiger partial charge in [-0.1, -0.05) is 38.1 Å². The standard InChI is InChI=1S/C17H21NO3/c1-17(2)13(14(17)16(20)21)15(19)18-9-7-11-5-3-4-6-12(11)8-10-18/h3-6,13-14H,7-10H2,1-2H3,(H,20,21). The average Bonchev–Trinajstić information content (AvgIpc) is 3.08. The van der Waals surface area contributed by atoms with Gasteiger partial charge in [0.15, 0.2) is 0 Å². The van der Waals surface area contributed by atoms with E-state index in [1.807, 2.05) is 30.9 Å². The van der Waals surface area contributed by atoms with E-state index in [0.717, 1.165) is 12.8 Å². The van der Waals surface area contributed by atoms with Gasteiger partial charge in [-0.05, 0) is 29.4 Å². The van der Waals surface area contributed by atoms with Crippen LogP contribution in [0.5, 0.6) is 0 Å². The number of carboxylic acid groups (broad SMARTS) is 1. The summed E-state index contributed by atoms with van der Waals surface area (Å²) in [5, 5.41) is 9.23. The summed E-state index contributed by atoms with van der Waals surface area (Å²) >= 11 is 0. The molecule has 112 valence electrons. The predicted molar refractivity (Wildman–Crippen MR) is 78.8 cm³/mol. The van der Waals surface area contributed by atoms with E-state index in [0.29, 0.717) is 13.1 Å². The maximum Gasteiger partial charge on any atom is 0.307 e. The zero-order valence-electron chi connectivity index (χ0n) is 12.5. The summed E-state index contributed by atoms with van der Waals surface area (Å²) in [6.45, 7) is 5.13. The van der Waals surface area contributed by atoms with Gasteiger partial charge in [0.05, 0.1) is 11.8 Å². The number of carboxylic acids is 1. The molecule has 4 heteroatoms. The Hall–Kier alpha value is -1.84. The fourth-order valence-corrected chi connectivity index (χ4v) is 3.64. The van der Waals surface area contributed by atoms with E-state index in [9.17, 15) is 14.7 Å². The van der Waals surface area contributed by atoms with E-state index >= 15 is 0 Å². The van der Waals surface area contributed by atoms with Crippen molar-refractivity contribution < 1.29 is 14.7 Å². The van der Waals surface area contributed by atoms with Crippen LogP contribution in [0.2, 0.25) is 0 Å². The first-order chi connectivity index (χ1) is 9.93. The molecule has 0 aromatic heterocycles. The van der Waals surface area contributed by atoms with E-state index in [2.05, 4.69) is 12.1 Å². The number of amides is 1. The quantitative estimate of drug-likeness (QED) is 0.904. The van der Waals surface area contributed by atoms with Gasteiger partial charge in [0.25, 0.3) is 0 Å². The third-order valence-corrected chi connectivity index (χ3v) is 5.09. The fraction of sp³-hybridized carbons (Fsp3) is 0.529. The van der Waals surface area contributed by atoms with Gasteiger partial charge in [0.2, 0.25) is 5.91 Å². The molecule has 3 rings (SSSR count). The number of aliphatic carboxylic acids is 1. The van der Waals surface area contributed by atoms with Gasteiger partial charge in [0, 0.05) is 13.1 Å². The number of rotatable bonds is 2. The first-order valence-corrected chi connectivity index (χ1v) is 7.51. The Bertz CT molecular complexity index is 566. The fourth-order valence-electron chi connectivity index (χ4n) is 3.64. The summed E-state index contributed by atoms with van der Waals surface area (Å²) in [7, 11) is 0. The van der Waals surface area contributed by atoms with Crippen molar-refractivity contribution in [1.82, 2.24) is 4.90 Å². The molecule has 0 saturated heterocycles. The molecule has 1 saturated carbocycles. The van der Waals surface area contributed by atoms with Crippen LogP contribution in [0.25, 0.3) is 0 Å². The molecule has 2 unspecified atom stereocenters. The second kappa shape index (κ2) is 4.86. The van der Waals surface area contributed by atoms with E-state index < -0.39 is 17.3 Å². The highest BCUT2D eigenvalue weighted by Crippen LogP contribution is 2.59. The third-order valence-electron chi connectivity index (χ3n) is 5.09. The molecule has 1 fully saturated rings. The van der Waals surface area contributed by atoms with Crippen LogP contribution in [0.3, 0.4) is 0 Å². The molecular weight excluding hydrogens is 266 g/mol. The molecule has 2 atom stereocenters. The molecule has 0 spiro atoms. The third kappa shape index (κ3) is 2.33. The van der Waals surface area contributed by atoms with Crippen molar-refractivity contribution in [3.63, 3.8) is 0 Å². The largest absolute Gasteiger partial charge is 0.481 e. The Labute approximate surface area is 124 Å². The average molecular weight is 287 g/mol. The molecule has 1 heterocycles. The molecule has 1 amide bonds. The zero-order chi connectivity index (χ0) is 15.2. The number of carbonyl (C=O) groups excluding carboxylic acids is 1. The van der Waals surface area contributed by atoms with Gasteiger partial charge < -0.3 is 10.0 Å². The number of nitrogens with zero attached hydrogens (tertiary/aromatic N) is 1. The summed E-state index contributed by atoms with van der Waals surface area (Å²) in [5.74, 6) is -1.73. The van der Waals surface area contributed by atoms with Crippen molar-refractivity contribution in [2.24, 2.45) is 17.3 Å². The number of hydrogen-bond acceptors (Lipinski definition) is 2. The molecule has 1 N–H and O–H groups in total. The lowest BCUT2D eigenvalue weighted by molar-refractivity contribution is -0.142. The number of carbonyl (C=O) groups is 2. The Morgan fingerprint density at radius 1 is 1.10 bits per heavy atom. The summed E-state index contributed by atoms with van der Waals surface area (Å²) in [4.78, 5) is 25.8. The van der Waals surface area contributed by atoms with Gasteiger partial charge in [-0.2, -0.15) is 0 Å². The van der Waals surface area contributed by atoms with Crippen molar-refractivity contribution in [1.29, 1.82) is 0 Å². The summed E-state index contributed by atoms with van der Waals surface area (Å²) < 4.78 is 0. The van der Waals surface area contributed by atoms with Crippen LogP contribution in [0, 0.1) is 17.3 Å². The lowest BCUT2D eigenvalue weighted by Crippen LogP contribution is -2.35. The highest BCUT2D eigenvalue weighted by Gasteiger charge is 2.66. The molecule has 1 aromatic rings. The van der Waals surface area contributed by atoms with Crippen molar-refractivity contribution in [3.05, 3.63) is 35.4 Å². The van der Waals surface area contributed by atoms with Crippen molar-refractivity contribution in [2.75, 3.05) is 13.1 Å². The molecule has 1 aliphatic heterocycles. The maximum atomic E-state index is 12.7. The lowest BCUT2D eigenvalue weighted by atomic mass is 10.0. The molecule has 2 aliphatic rings. The van der Waals surface area contributed by atoms with Crippen molar-refractivity contribution >= 4 is 11.9 Å². The second-order valence-electron chi connectivity index (χ2n) is 6.71. The molecule has 0 radical (unpaired) electrons. The molecule has 1 aromatic carbocycles. The predicted octanol–water partition coefficient (Wildman–Crippen LogP) is 1.97. The van der Waals surface area contributed by atoms with E-state index in [1.54, 1.807) is 0 Å². The Morgan fingerprint density at radius 2 is 1.62 bits per heavy atom. The Balaban J connectivity index is 1.72. The van der Waals surface area contributed by atoms with Crippen LogP contribution < -0.4 is 0 Å². The van der Waals surface area contributed by atoms with Crippen LogP contribution in [0.15, 0.2) is 24.3 Å². The SMILES string of the molecule is CC1(C)C(C(=O)O)C1C(=O)N1CCc2ccccc2CC1. The molecule has 0 bridgehead atoms. The minimum Gasteiger partial charge on any atom is -0.481 e. The first-order valence-electron chi connectivity index (χ1n) is 7.51. The summed E-state index contributed by atoms with van der Waals surface area (Å²) in [6, 6.07) is 8.29. The number of hydrogen-bond donors (Lipinski definition) is 1. The minimum atomic E-state index is -0.851. The van der Waals surface area contributed by atoms with Crippen LogP contribution in [0.1, 0.15) is 25.0 Å². The van der Waals surface area contributed by atoms with Crippen molar-refractivity contribution in [2.45, 2.75) is 26.7 Å². The second-order valence-corrected chi connectivity index (χ2v) is 6.71. The maximum absolute atomic E-state index is 12.7. The zero-order valence-corrected chi connectivity index (χ0v) is 12.5. The van der Waals surface area contributed by atoms with Crippen LogP contribution >= 0.6 is 0 Å². The number of fused-ring (bicyclic) bond motifs is 1. The molecular formula is C17H21NO3. The first kappa shape index (κ1) is 14.1. The highest BCUT2D eigenvalue weighted by atomic mass is 16.4. The monoisotopic (exact) mass is 287 g/mol. The highest BCUT2D eigenvalue weighted by molar-refractivity contribution is 5.91. The topological polar surface area (TPSA) is 57.6 Å². The number of benzene rings is 1. The van der Waals surface area contributed by atoms with Gasteiger partial charge in [-0.3, -0.25) is 9.59 Å². The van der Waals surface area contributed by atoms with Gasteiger partial charge in [-0.15, -0.1) is 0 Å². The summed E-state index contributed by atoms with van der Waals surface area (Å²) in [6.07, 6.45) is 1.71. The van der Waals surface area contributed by atoms with E-state index in [-0.39, 0.29) is 11.8 Å². The van der Waals surface area contributed by atoms with Gasteiger partial charge >= 0.3 is 5.97 Å². The van der Waals surface area contributed by atoms with Gasteiger partial charge in [0.1, 0.15) is 0 Å². The smallest absolute Gasteiger partial charge is 0.307 e. The Morgan fingerprint density at radius 3 is 2.05 bits per heavy atom. The van der Waals surface area contributed by atoms with Crippen molar-refractivity contribution in [3.8, 4) is 0 Å². The minimum absolute atomic E-state index is 0.0141. The van der Waals surface area contributed by atoms with Crippen LogP contribution in [0.4, 0.5) is 0 Å². The van der Waals surface area contributed by atoms with Crippen LogP contribution in [-0.4, -0.2) is 35.0 Å².